The molecule has 0 saturated carbocycles. The molecule has 0 N–H and O–H groups in total. The topological polar surface area (TPSA) is 43.9 Å². The molecule has 1 atom stereocenters. The molecule has 0 radical (unpaired) electrons. The second kappa shape index (κ2) is 7.72. The first-order valence-corrected chi connectivity index (χ1v) is 10.1. The Morgan fingerprint density at radius 2 is 1.59 bits per heavy atom. The molecular weight excluding hydrogens is 406 g/mol. The quantitative estimate of drug-likeness (QED) is 0.755. The molecule has 0 spiro atoms. The van der Waals surface area contributed by atoms with Gasteiger partial charge in [-0.3, -0.25) is 9.59 Å². The third-order valence-electron chi connectivity index (χ3n) is 5.33. The highest BCUT2D eigenvalue weighted by molar-refractivity contribution is 9.10. The smallest absolute Gasteiger partial charge is 0.228 e. The van der Waals surface area contributed by atoms with Crippen LogP contribution in [0.15, 0.2) is 59.1 Å². The Hall–Kier alpha value is -2.34. The lowest BCUT2D eigenvalue weighted by molar-refractivity contribution is -0.136. The summed E-state index contributed by atoms with van der Waals surface area (Å²) in [7, 11) is 0. The number of amides is 2. The summed E-state index contributed by atoms with van der Waals surface area (Å²) in [6.07, 6.45) is 0.291. The molecule has 2 aliphatic rings. The molecule has 2 aromatic rings. The van der Waals surface area contributed by atoms with Crippen molar-refractivity contribution in [3.63, 3.8) is 0 Å². The second-order valence-electron chi connectivity index (χ2n) is 7.00. The fourth-order valence-corrected chi connectivity index (χ4v) is 4.36. The van der Waals surface area contributed by atoms with Gasteiger partial charge in [-0.2, -0.15) is 0 Å². The predicted octanol–water partition coefficient (Wildman–Crippen LogP) is 3.15. The van der Waals surface area contributed by atoms with Crippen molar-refractivity contribution in [3.8, 4) is 0 Å². The molecule has 2 saturated heterocycles. The van der Waals surface area contributed by atoms with Gasteiger partial charge in [0, 0.05) is 49.3 Å². The average Bonchev–Trinajstić information content (AvgIpc) is 3.10. The van der Waals surface area contributed by atoms with Gasteiger partial charge >= 0.3 is 0 Å². The van der Waals surface area contributed by atoms with Crippen LogP contribution in [0, 0.1) is 5.92 Å². The lowest BCUT2D eigenvalue weighted by Crippen LogP contribution is -2.50. The number of carbonyl (C=O) groups excluding carboxylic acids is 2. The van der Waals surface area contributed by atoms with Crippen LogP contribution in [-0.2, 0) is 9.59 Å². The summed E-state index contributed by atoms with van der Waals surface area (Å²) in [4.78, 5) is 31.4. The van der Waals surface area contributed by atoms with Crippen LogP contribution in [0.5, 0.6) is 0 Å². The van der Waals surface area contributed by atoms with Crippen molar-refractivity contribution >= 4 is 39.1 Å². The Labute approximate surface area is 167 Å². The summed E-state index contributed by atoms with van der Waals surface area (Å²) in [5, 5.41) is 0. The summed E-state index contributed by atoms with van der Waals surface area (Å²) in [6.45, 7) is 3.51. The molecule has 2 aromatic carbocycles. The summed E-state index contributed by atoms with van der Waals surface area (Å²) in [5.74, 6) is -0.137. The third-order valence-corrected chi connectivity index (χ3v) is 6.00. The number of anilines is 2. The number of hydrogen-bond donors (Lipinski definition) is 0. The minimum Gasteiger partial charge on any atom is -0.368 e. The molecule has 140 valence electrons. The molecule has 2 fully saturated rings. The van der Waals surface area contributed by atoms with Gasteiger partial charge in [-0.05, 0) is 40.2 Å². The SMILES string of the molecule is O=C(C1CC(=O)N(c2ccccc2Br)C1)N1CCN(c2ccccc2)CC1. The molecule has 0 aromatic heterocycles. The summed E-state index contributed by atoms with van der Waals surface area (Å²) < 4.78 is 0.878. The summed E-state index contributed by atoms with van der Waals surface area (Å²) in [6, 6.07) is 17.9. The molecule has 27 heavy (non-hydrogen) atoms. The van der Waals surface area contributed by atoms with Gasteiger partial charge in [0.05, 0.1) is 11.6 Å². The first-order valence-electron chi connectivity index (χ1n) is 9.27. The Bertz CT molecular complexity index is 834. The van der Waals surface area contributed by atoms with Crippen LogP contribution in [0.4, 0.5) is 11.4 Å². The van der Waals surface area contributed by atoms with E-state index in [9.17, 15) is 9.59 Å². The van der Waals surface area contributed by atoms with Crippen molar-refractivity contribution < 1.29 is 9.59 Å². The molecule has 2 aliphatic heterocycles. The highest BCUT2D eigenvalue weighted by atomic mass is 79.9. The highest BCUT2D eigenvalue weighted by Gasteiger charge is 2.38. The fourth-order valence-electron chi connectivity index (χ4n) is 3.86. The number of benzene rings is 2. The average molecular weight is 428 g/mol. The van der Waals surface area contributed by atoms with Crippen LogP contribution in [0.25, 0.3) is 0 Å². The fraction of sp³-hybridized carbons (Fsp3) is 0.333. The number of nitrogens with zero attached hydrogens (tertiary/aromatic N) is 3. The number of carbonyl (C=O) groups is 2. The number of hydrogen-bond acceptors (Lipinski definition) is 3. The molecule has 6 heteroatoms. The van der Waals surface area contributed by atoms with E-state index in [0.29, 0.717) is 26.1 Å². The third kappa shape index (κ3) is 3.72. The Balaban J connectivity index is 1.38. The van der Waals surface area contributed by atoms with Crippen molar-refractivity contribution in [1.29, 1.82) is 0 Å². The Kier molecular flexibility index (Phi) is 5.16. The summed E-state index contributed by atoms with van der Waals surface area (Å²) in [5.41, 5.74) is 2.03. The van der Waals surface area contributed by atoms with Crippen molar-refractivity contribution in [2.24, 2.45) is 5.92 Å². The normalized spacial score (nSPS) is 20.3. The zero-order chi connectivity index (χ0) is 18.8. The number of halogens is 1. The monoisotopic (exact) mass is 427 g/mol. The maximum absolute atomic E-state index is 13.0. The van der Waals surface area contributed by atoms with Crippen LogP contribution in [-0.4, -0.2) is 49.4 Å². The van der Waals surface area contributed by atoms with Crippen molar-refractivity contribution in [1.82, 2.24) is 4.90 Å². The first-order chi connectivity index (χ1) is 13.1. The van der Waals surface area contributed by atoms with Crippen molar-refractivity contribution in [2.45, 2.75) is 6.42 Å². The van der Waals surface area contributed by atoms with Gasteiger partial charge < -0.3 is 14.7 Å². The van der Waals surface area contributed by atoms with E-state index in [1.54, 1.807) is 4.90 Å². The Morgan fingerprint density at radius 1 is 0.926 bits per heavy atom. The molecule has 2 heterocycles. The number of rotatable bonds is 3. The summed E-state index contributed by atoms with van der Waals surface area (Å²) >= 11 is 3.50. The predicted molar refractivity (Wildman–Crippen MR) is 110 cm³/mol. The van der Waals surface area contributed by atoms with E-state index in [1.165, 1.54) is 5.69 Å². The lowest BCUT2D eigenvalue weighted by atomic mass is 10.1. The van der Waals surface area contributed by atoms with Gasteiger partial charge in [-0.1, -0.05) is 30.3 Å². The van der Waals surface area contributed by atoms with E-state index in [4.69, 9.17) is 0 Å². The second-order valence-corrected chi connectivity index (χ2v) is 7.86. The van der Waals surface area contributed by atoms with Gasteiger partial charge in [0.2, 0.25) is 11.8 Å². The molecular formula is C21H22BrN3O2. The first kappa shape index (κ1) is 18.0. The van der Waals surface area contributed by atoms with Crippen LogP contribution in [0.2, 0.25) is 0 Å². The zero-order valence-corrected chi connectivity index (χ0v) is 16.6. The lowest BCUT2D eigenvalue weighted by Gasteiger charge is -2.37. The van der Waals surface area contributed by atoms with E-state index < -0.39 is 0 Å². The van der Waals surface area contributed by atoms with Gasteiger partial charge in [0.1, 0.15) is 0 Å². The largest absolute Gasteiger partial charge is 0.368 e. The number of para-hydroxylation sites is 2. The van der Waals surface area contributed by atoms with Crippen molar-refractivity contribution in [3.05, 3.63) is 59.1 Å². The molecule has 2 amide bonds. The van der Waals surface area contributed by atoms with Gasteiger partial charge in [0.25, 0.3) is 0 Å². The van der Waals surface area contributed by atoms with E-state index in [1.807, 2.05) is 47.4 Å². The van der Waals surface area contributed by atoms with Gasteiger partial charge in [-0.15, -0.1) is 0 Å². The number of piperazine rings is 1. The highest BCUT2D eigenvalue weighted by Crippen LogP contribution is 2.32. The molecule has 0 aliphatic carbocycles. The molecule has 1 unspecified atom stereocenters. The molecule has 0 bridgehead atoms. The zero-order valence-electron chi connectivity index (χ0n) is 15.1. The van der Waals surface area contributed by atoms with Gasteiger partial charge in [0.15, 0.2) is 0 Å². The van der Waals surface area contributed by atoms with Crippen LogP contribution in [0.3, 0.4) is 0 Å². The van der Waals surface area contributed by atoms with Gasteiger partial charge in [-0.25, -0.2) is 0 Å². The molecule has 4 rings (SSSR count). The maximum Gasteiger partial charge on any atom is 0.228 e. The minimum absolute atomic E-state index is 0.0168. The Morgan fingerprint density at radius 3 is 2.30 bits per heavy atom. The minimum atomic E-state index is -0.257. The van der Waals surface area contributed by atoms with Crippen LogP contribution >= 0.6 is 15.9 Å². The maximum atomic E-state index is 13.0. The standard InChI is InChI=1S/C21H22BrN3O2/c22-18-8-4-5-9-19(18)25-15-16(14-20(25)26)21(27)24-12-10-23(11-13-24)17-6-2-1-3-7-17/h1-9,16H,10-15H2. The van der Waals surface area contributed by atoms with E-state index in [0.717, 1.165) is 23.2 Å². The van der Waals surface area contributed by atoms with E-state index in [-0.39, 0.29) is 17.7 Å². The van der Waals surface area contributed by atoms with E-state index >= 15 is 0 Å². The van der Waals surface area contributed by atoms with Crippen LogP contribution in [0.1, 0.15) is 6.42 Å². The van der Waals surface area contributed by atoms with Crippen molar-refractivity contribution in [2.75, 3.05) is 42.5 Å². The molecule has 5 nitrogen and oxygen atoms in total. The van der Waals surface area contributed by atoms with E-state index in [2.05, 4.69) is 33.0 Å². The van der Waals surface area contributed by atoms with Crippen LogP contribution < -0.4 is 9.80 Å².